The number of Topliss-reactive ketones (excluding diaryl/α,β-unsaturated/α-hetero) is 1. The summed E-state index contributed by atoms with van der Waals surface area (Å²) >= 11 is 0. The third-order valence-corrected chi connectivity index (χ3v) is 2.33. The van der Waals surface area contributed by atoms with Gasteiger partial charge in [0.05, 0.1) is 6.10 Å². The largest absolute Gasteiger partial charge is 0.437 e. The third-order valence-electron chi connectivity index (χ3n) is 1.85. The van der Waals surface area contributed by atoms with E-state index in [9.17, 15) is 17.1 Å². The minimum absolute atomic E-state index is 0.00961. The Morgan fingerprint density at radius 3 is 2.42 bits per heavy atom. The van der Waals surface area contributed by atoms with Crippen molar-refractivity contribution >= 4 is 16.3 Å². The molecule has 2 atom stereocenters. The van der Waals surface area contributed by atoms with Crippen LogP contribution < -0.4 is 0 Å². The molecule has 0 aromatic carbocycles. The molecule has 0 bridgehead atoms. The lowest BCUT2D eigenvalue weighted by Gasteiger charge is -2.10. The molecule has 0 saturated heterocycles. The zero-order chi connectivity index (χ0) is 9.35. The Kier molecular flexibility index (Phi) is 2.48. The highest BCUT2D eigenvalue weighted by molar-refractivity contribution is 7.81. The van der Waals surface area contributed by atoms with E-state index in [2.05, 4.69) is 4.18 Å². The van der Waals surface area contributed by atoms with E-state index in [1.54, 1.807) is 6.92 Å². The molecule has 0 spiro atoms. The molecule has 1 aliphatic carbocycles. The summed E-state index contributed by atoms with van der Waals surface area (Å²) in [5.74, 6) is -0.306. The number of halogens is 1. The van der Waals surface area contributed by atoms with Crippen LogP contribution in [0, 0.1) is 5.92 Å². The molecule has 2 unspecified atom stereocenters. The molecule has 1 aliphatic rings. The van der Waals surface area contributed by atoms with Crippen molar-refractivity contribution in [1.29, 1.82) is 0 Å². The lowest BCUT2D eigenvalue weighted by atomic mass is 10.1. The van der Waals surface area contributed by atoms with Gasteiger partial charge in [0.1, 0.15) is 5.78 Å². The van der Waals surface area contributed by atoms with Gasteiger partial charge in [-0.25, -0.2) is 4.18 Å². The van der Waals surface area contributed by atoms with Crippen molar-refractivity contribution in [3.05, 3.63) is 0 Å². The van der Waals surface area contributed by atoms with Crippen molar-refractivity contribution < 1.29 is 21.3 Å². The van der Waals surface area contributed by atoms with E-state index in [4.69, 9.17) is 0 Å². The third kappa shape index (κ3) is 2.53. The van der Waals surface area contributed by atoms with Crippen LogP contribution in [0.1, 0.15) is 19.8 Å². The molecule has 1 rings (SSSR count). The fourth-order valence-electron chi connectivity index (χ4n) is 1.28. The lowest BCUT2D eigenvalue weighted by Crippen LogP contribution is -2.18. The van der Waals surface area contributed by atoms with E-state index < -0.39 is 16.6 Å². The van der Waals surface area contributed by atoms with Gasteiger partial charge in [0.15, 0.2) is 0 Å². The molecular weight excluding hydrogens is 187 g/mol. The van der Waals surface area contributed by atoms with Gasteiger partial charge in [-0.3, -0.25) is 4.79 Å². The molecule has 0 aromatic rings. The van der Waals surface area contributed by atoms with Crippen molar-refractivity contribution in [3.8, 4) is 0 Å². The van der Waals surface area contributed by atoms with Crippen LogP contribution in [0.5, 0.6) is 0 Å². The molecule has 12 heavy (non-hydrogen) atoms. The number of ketones is 1. The van der Waals surface area contributed by atoms with Crippen molar-refractivity contribution in [1.82, 2.24) is 0 Å². The lowest BCUT2D eigenvalue weighted by molar-refractivity contribution is -0.117. The number of carbonyl (C=O) groups excluding carboxylic acids is 1. The minimum atomic E-state index is -4.92. The second-order valence-electron chi connectivity index (χ2n) is 2.95. The maximum absolute atomic E-state index is 12.0. The first-order chi connectivity index (χ1) is 5.38. The number of hydrogen-bond donors (Lipinski definition) is 0. The fraction of sp³-hybridized carbons (Fsp3) is 0.833. The molecule has 0 heterocycles. The molecule has 0 aromatic heterocycles. The van der Waals surface area contributed by atoms with Gasteiger partial charge in [-0.15, -0.1) is 0 Å². The number of carbonyl (C=O) groups is 1. The summed E-state index contributed by atoms with van der Waals surface area (Å²) in [5.41, 5.74) is 0. The summed E-state index contributed by atoms with van der Waals surface area (Å²) in [7, 11) is -4.92. The van der Waals surface area contributed by atoms with Crippen LogP contribution in [0.4, 0.5) is 3.89 Å². The number of hydrogen-bond acceptors (Lipinski definition) is 4. The van der Waals surface area contributed by atoms with Gasteiger partial charge in [-0.2, -0.15) is 8.42 Å². The smallest absolute Gasteiger partial charge is 0.300 e. The average molecular weight is 196 g/mol. The fourth-order valence-corrected chi connectivity index (χ4v) is 1.83. The van der Waals surface area contributed by atoms with E-state index in [0.717, 1.165) is 0 Å². The Hall–Kier alpha value is -0.490. The number of rotatable bonds is 2. The first-order valence-electron chi connectivity index (χ1n) is 3.53. The molecule has 0 amide bonds. The standard InChI is InChI=1S/C6H9FO4S/c1-4-2-5(8)3-6(4)11-12(7,9)10/h4,6H,2-3H2,1H3. The summed E-state index contributed by atoms with van der Waals surface area (Å²) in [5, 5.41) is 0. The topological polar surface area (TPSA) is 60.4 Å². The van der Waals surface area contributed by atoms with Crippen molar-refractivity contribution in [2.24, 2.45) is 5.92 Å². The Bertz CT molecular complexity index is 284. The van der Waals surface area contributed by atoms with Crippen LogP contribution in [0.3, 0.4) is 0 Å². The maximum Gasteiger partial charge on any atom is 0.437 e. The summed E-state index contributed by atoms with van der Waals surface area (Å²) in [6.45, 7) is 1.65. The zero-order valence-corrected chi connectivity index (χ0v) is 7.30. The van der Waals surface area contributed by atoms with E-state index in [0.29, 0.717) is 0 Å². The second-order valence-corrected chi connectivity index (χ2v) is 3.93. The zero-order valence-electron chi connectivity index (χ0n) is 6.49. The monoisotopic (exact) mass is 196 g/mol. The van der Waals surface area contributed by atoms with Crippen LogP contribution >= 0.6 is 0 Å². The molecule has 0 radical (unpaired) electrons. The maximum atomic E-state index is 12.0. The summed E-state index contributed by atoms with van der Waals surface area (Å²) in [4.78, 5) is 10.8. The van der Waals surface area contributed by atoms with E-state index in [1.165, 1.54) is 0 Å². The summed E-state index contributed by atoms with van der Waals surface area (Å²) in [6, 6.07) is 0. The quantitative estimate of drug-likeness (QED) is 0.606. The Labute approximate surface area is 70.1 Å². The van der Waals surface area contributed by atoms with Gasteiger partial charge in [-0.1, -0.05) is 10.8 Å². The van der Waals surface area contributed by atoms with Gasteiger partial charge in [-0.05, 0) is 5.92 Å². The SMILES string of the molecule is CC1CC(=O)CC1OS(=O)(=O)F. The molecule has 70 valence electrons. The highest BCUT2D eigenvalue weighted by Crippen LogP contribution is 2.26. The first kappa shape index (κ1) is 9.60. The predicted molar refractivity (Wildman–Crippen MR) is 38.3 cm³/mol. The van der Waals surface area contributed by atoms with Gasteiger partial charge in [0.25, 0.3) is 0 Å². The Morgan fingerprint density at radius 1 is 1.50 bits per heavy atom. The molecule has 6 heteroatoms. The molecular formula is C6H9FO4S. The van der Waals surface area contributed by atoms with Crippen LogP contribution in [0.25, 0.3) is 0 Å². The van der Waals surface area contributed by atoms with Gasteiger partial charge in [0, 0.05) is 12.8 Å². The Balaban J connectivity index is 2.60. The highest BCUT2D eigenvalue weighted by atomic mass is 32.3. The van der Waals surface area contributed by atoms with Crippen LogP contribution in [-0.4, -0.2) is 20.3 Å². The van der Waals surface area contributed by atoms with E-state index >= 15 is 0 Å². The van der Waals surface area contributed by atoms with Gasteiger partial charge in [0.2, 0.25) is 0 Å². The normalized spacial score (nSPS) is 31.0. The average Bonchev–Trinajstić information content (AvgIpc) is 2.06. The molecule has 0 aliphatic heterocycles. The molecule has 0 N–H and O–H groups in total. The molecule has 1 saturated carbocycles. The van der Waals surface area contributed by atoms with Crippen molar-refractivity contribution in [3.63, 3.8) is 0 Å². The first-order valence-corrected chi connectivity index (χ1v) is 4.84. The van der Waals surface area contributed by atoms with E-state index in [-0.39, 0.29) is 24.5 Å². The van der Waals surface area contributed by atoms with Crippen molar-refractivity contribution in [2.75, 3.05) is 0 Å². The van der Waals surface area contributed by atoms with E-state index in [1.807, 2.05) is 0 Å². The highest BCUT2D eigenvalue weighted by Gasteiger charge is 2.33. The van der Waals surface area contributed by atoms with Crippen LogP contribution in [0.15, 0.2) is 0 Å². The van der Waals surface area contributed by atoms with Crippen LogP contribution in [-0.2, 0) is 19.5 Å². The van der Waals surface area contributed by atoms with Gasteiger partial charge < -0.3 is 0 Å². The predicted octanol–water partition coefficient (Wildman–Crippen LogP) is 0.585. The molecule has 4 nitrogen and oxygen atoms in total. The van der Waals surface area contributed by atoms with Gasteiger partial charge >= 0.3 is 10.5 Å². The minimum Gasteiger partial charge on any atom is -0.300 e. The Morgan fingerprint density at radius 2 is 2.08 bits per heavy atom. The summed E-state index contributed by atoms with van der Waals surface area (Å²) < 4.78 is 36.1. The van der Waals surface area contributed by atoms with Crippen molar-refractivity contribution in [2.45, 2.75) is 25.9 Å². The summed E-state index contributed by atoms with van der Waals surface area (Å²) in [6.07, 6.45) is -0.558. The second kappa shape index (κ2) is 3.10. The van der Waals surface area contributed by atoms with Crippen LogP contribution in [0.2, 0.25) is 0 Å². The molecule has 1 fully saturated rings.